The van der Waals surface area contributed by atoms with Crippen LogP contribution in [0.1, 0.15) is 85.1 Å². The van der Waals surface area contributed by atoms with Gasteiger partial charge in [-0.05, 0) is 95.1 Å². The Hall–Kier alpha value is -8.12. The number of hydrogen-bond donors (Lipinski definition) is 1. The van der Waals surface area contributed by atoms with Gasteiger partial charge in [-0.3, -0.25) is 4.79 Å². The Morgan fingerprint density at radius 1 is 0.454 bits per heavy atom. The number of Topliss-reactive ketones (excluding diaryl/α,β-unsaturated/α-hetero) is 1. The zero-order valence-electron chi connectivity index (χ0n) is 54.9. The molecule has 25 atom stereocenters. The maximum Gasteiger partial charge on any atom is 0.338 e. The summed E-state index contributed by atoms with van der Waals surface area (Å²) in [6.45, 7) is 10.3. The fraction of sp³-hybridized carbons (Fsp3) is 0.567. The van der Waals surface area contributed by atoms with E-state index in [2.05, 4.69) is 30.1 Å². The lowest BCUT2D eigenvalue weighted by atomic mass is 9.81. The van der Waals surface area contributed by atoms with Crippen LogP contribution in [-0.4, -0.2) is 186 Å². The fourth-order valence-electron chi connectivity index (χ4n) is 12.8. The number of aliphatic hydroxyl groups excluding tert-OH is 1. The van der Waals surface area contributed by atoms with Gasteiger partial charge in [0.1, 0.15) is 49.8 Å². The lowest BCUT2D eigenvalue weighted by Gasteiger charge is -2.51. The number of esters is 4. The van der Waals surface area contributed by atoms with Gasteiger partial charge in [-0.1, -0.05) is 142 Å². The zero-order chi connectivity index (χ0) is 69.4. The smallest absolute Gasteiger partial charge is 0.338 e. The van der Waals surface area contributed by atoms with Crippen molar-refractivity contribution in [2.45, 2.75) is 172 Å². The molecule has 520 valence electrons. The third-order valence-corrected chi connectivity index (χ3v) is 18.7. The predicted octanol–water partition coefficient (Wildman–Crippen LogP) is 8.93. The minimum atomic E-state index is -1.76. The molecular weight excluding hydrogens is 1270 g/mol. The van der Waals surface area contributed by atoms with Gasteiger partial charge in [0.05, 0.1) is 73.5 Å². The van der Waals surface area contributed by atoms with E-state index in [9.17, 15) is 45.7 Å². The molecule has 10 unspecified atom stereocenters. The molecule has 0 amide bonds. The van der Waals surface area contributed by atoms with Crippen molar-refractivity contribution in [1.82, 2.24) is 0 Å². The van der Waals surface area contributed by atoms with E-state index in [-0.39, 0.29) is 36.2 Å². The summed E-state index contributed by atoms with van der Waals surface area (Å²) in [5.74, 6) is -7.45. The fourth-order valence-corrected chi connectivity index (χ4v) is 12.8. The summed E-state index contributed by atoms with van der Waals surface area (Å²) >= 11 is 0. The molecule has 5 fully saturated rings. The van der Waals surface area contributed by atoms with Crippen molar-refractivity contribution in [2.75, 3.05) is 34.0 Å². The van der Waals surface area contributed by atoms with Gasteiger partial charge in [-0.2, -0.15) is 0 Å². The van der Waals surface area contributed by atoms with Gasteiger partial charge >= 0.3 is 23.9 Å². The first-order valence-electron chi connectivity index (χ1n) is 31.9. The monoisotopic (exact) mass is 1350 g/mol. The van der Waals surface area contributed by atoms with Crippen LogP contribution in [0.3, 0.4) is 0 Å². The average Bonchev–Trinajstić information content (AvgIpc) is 0.767. The van der Waals surface area contributed by atoms with Crippen LogP contribution >= 0.6 is 0 Å². The predicted molar refractivity (Wildman–Crippen MR) is 337 cm³/mol. The van der Waals surface area contributed by atoms with E-state index in [1.165, 1.54) is 26.2 Å². The summed E-state index contributed by atoms with van der Waals surface area (Å²) in [5.41, 5.74) is 31.1. The molecule has 4 aromatic carbocycles. The second-order valence-electron chi connectivity index (χ2n) is 24.6. The molecule has 30 heteroatoms. The molecule has 0 radical (unpaired) electrons. The second-order valence-corrected chi connectivity index (χ2v) is 24.6. The molecule has 97 heavy (non-hydrogen) atoms. The van der Waals surface area contributed by atoms with Crippen LogP contribution in [0.5, 0.6) is 0 Å². The Kier molecular flexibility index (Phi) is 25.9. The summed E-state index contributed by atoms with van der Waals surface area (Å²) in [6, 6.07) is 30.1. The largest absolute Gasteiger partial charge is 0.467 e. The quantitative estimate of drug-likeness (QED) is 0.0201. The maximum absolute atomic E-state index is 14.5. The highest BCUT2D eigenvalue weighted by Gasteiger charge is 2.58. The Bertz CT molecular complexity index is 3430. The van der Waals surface area contributed by atoms with E-state index < -0.39 is 183 Å². The Morgan fingerprint density at radius 2 is 0.897 bits per heavy atom. The molecule has 1 N–H and O–H groups in total. The topological polar surface area (TPSA) is 390 Å². The van der Waals surface area contributed by atoms with Crippen molar-refractivity contribution >= 4 is 29.7 Å². The molecule has 0 bridgehead atoms. The van der Waals surface area contributed by atoms with Crippen LogP contribution in [0, 0.1) is 35.5 Å². The summed E-state index contributed by atoms with van der Waals surface area (Å²) < 4.78 is 95.3. The Morgan fingerprint density at radius 3 is 1.41 bits per heavy atom. The summed E-state index contributed by atoms with van der Waals surface area (Å²) in [4.78, 5) is 78.6. The van der Waals surface area contributed by atoms with E-state index in [1.54, 1.807) is 137 Å². The van der Waals surface area contributed by atoms with Crippen molar-refractivity contribution < 1.29 is 100 Å². The van der Waals surface area contributed by atoms with Gasteiger partial charge in [0.15, 0.2) is 49.4 Å². The lowest BCUT2D eigenvalue weighted by Crippen LogP contribution is -2.67. The molecule has 5 aliphatic rings. The number of carbonyl (C=O) groups is 5. The van der Waals surface area contributed by atoms with E-state index in [0.29, 0.717) is 11.1 Å². The van der Waals surface area contributed by atoms with Gasteiger partial charge in [0.25, 0.3) is 0 Å². The number of azide groups is 3. The zero-order valence-corrected chi connectivity index (χ0v) is 54.9. The summed E-state index contributed by atoms with van der Waals surface area (Å²) in [7, 11) is 2.50. The molecule has 0 aliphatic carbocycles. The number of nitrogens with zero attached hydrogens (tertiary/aromatic N) is 9. The molecule has 30 nitrogen and oxygen atoms in total. The van der Waals surface area contributed by atoms with Crippen LogP contribution < -0.4 is 0 Å². The SMILES string of the molecule is COC(=O)C1O[C@@H](O[C@@H]2C(CO)O[C@@H](O[C@H]3C(C(C)=O)O[C@@H](O[C@@H]4C(COC(=O)c5ccccc5)O[C@H](OC)C(N=[N+]=[N-])[C@H]4C)C(OC(=O)c4ccccc4)[C@@H]3OCc3ccccc3)C(N=[N+]=[N-])[C@H]2C)C(C)[C@@H](C)[C@@H]1O[C@H]1OC(COC(=O)c2ccccc2)[C@@H](C)[C@H](C)C1N=[N+]=[N-]. The molecule has 5 aliphatic heterocycles. The Labute approximate surface area is 559 Å². The molecule has 5 saturated heterocycles. The third kappa shape index (κ3) is 17.2. The van der Waals surface area contributed by atoms with E-state index in [1.807, 2.05) is 13.8 Å². The van der Waals surface area contributed by atoms with Crippen LogP contribution in [0.25, 0.3) is 31.3 Å². The number of hydrogen-bond acceptors (Lipinski definition) is 24. The van der Waals surface area contributed by atoms with Gasteiger partial charge < -0.3 is 76.2 Å². The van der Waals surface area contributed by atoms with Gasteiger partial charge in [0.2, 0.25) is 0 Å². The second kappa shape index (κ2) is 34.4. The van der Waals surface area contributed by atoms with E-state index in [4.69, 9.17) is 71.1 Å². The highest BCUT2D eigenvalue weighted by Crippen LogP contribution is 2.44. The number of aliphatic hydroxyl groups is 1. The van der Waals surface area contributed by atoms with Crippen LogP contribution in [0.4, 0.5) is 0 Å². The molecule has 0 spiro atoms. The minimum absolute atomic E-state index is 0.0903. The minimum Gasteiger partial charge on any atom is -0.467 e. The number of ether oxygens (including phenoxy) is 15. The Balaban J connectivity index is 1.01. The van der Waals surface area contributed by atoms with Crippen molar-refractivity contribution in [3.05, 3.63) is 175 Å². The maximum atomic E-state index is 14.5. The normalized spacial score (nSPS) is 34.8. The number of benzene rings is 4. The van der Waals surface area contributed by atoms with E-state index >= 15 is 0 Å². The van der Waals surface area contributed by atoms with Gasteiger partial charge in [0, 0.05) is 27.8 Å². The van der Waals surface area contributed by atoms with E-state index in [0.717, 1.165) is 7.11 Å². The average molecular weight is 1350 g/mol. The molecule has 0 aromatic heterocycles. The highest BCUT2D eigenvalue weighted by molar-refractivity contribution is 5.90. The molecule has 9 rings (SSSR count). The summed E-state index contributed by atoms with van der Waals surface area (Å²) in [6.07, 6.45) is -22.1. The van der Waals surface area contributed by atoms with Gasteiger partial charge in [-0.15, -0.1) is 0 Å². The number of ketones is 1. The standard InChI is InChI=1S/C67H81N9O21/c1-34-35(2)48(71-74-68)65(89-46(34)32-86-59(79)42-24-16-11-17-25-42)94-53-36(3)37(4)63(97-57(53)62(82)83-8)92-51-39(6)50(73-76-70)66(88-45(51)30-77)96-56-54(40(7)78)95-67(58(91-61(81)44-28-20-13-21-29-44)55(56)85-31-41-22-14-10-15-23-41)93-52-38(5)49(72-75-69)64(84-9)90-47(52)33-87-60(80)43-26-18-12-19-27-43/h10-29,34-39,45-58,63-67,77H,30-33H2,1-9H3/t34-,35-,36+,37?,38+,39+,45?,46?,47?,48?,49?,50?,51-,52-,53-,54?,55+,56-,57?,58?,63+,64-,65+,66-,67+/m0/s1. The summed E-state index contributed by atoms with van der Waals surface area (Å²) in [5, 5.41) is 23.5. The van der Waals surface area contributed by atoms with Gasteiger partial charge in [-0.25, -0.2) is 19.2 Å². The molecular formula is C67H81N9O21. The van der Waals surface area contributed by atoms with Crippen molar-refractivity contribution in [3.8, 4) is 0 Å². The number of carbonyl (C=O) groups excluding carboxylic acids is 5. The highest BCUT2D eigenvalue weighted by atomic mass is 16.8. The van der Waals surface area contributed by atoms with Crippen LogP contribution in [0.2, 0.25) is 0 Å². The first-order valence-corrected chi connectivity index (χ1v) is 31.9. The van der Waals surface area contributed by atoms with Crippen molar-refractivity contribution in [3.63, 3.8) is 0 Å². The molecule has 4 aromatic rings. The van der Waals surface area contributed by atoms with Crippen LogP contribution in [-0.2, 0) is 87.2 Å². The first-order chi connectivity index (χ1) is 46.8. The number of methoxy groups -OCH3 is 2. The number of rotatable bonds is 26. The third-order valence-electron chi connectivity index (χ3n) is 18.7. The molecule has 5 heterocycles. The lowest BCUT2D eigenvalue weighted by molar-refractivity contribution is -0.366. The van der Waals surface area contributed by atoms with Crippen molar-refractivity contribution in [1.29, 1.82) is 0 Å². The molecule has 0 saturated carbocycles. The van der Waals surface area contributed by atoms with Crippen LogP contribution in [0.15, 0.2) is 137 Å². The first kappa shape index (κ1) is 73.1. The van der Waals surface area contributed by atoms with Crippen molar-refractivity contribution in [2.24, 2.45) is 50.9 Å².